The summed E-state index contributed by atoms with van der Waals surface area (Å²) >= 11 is 0. The van der Waals surface area contributed by atoms with Crippen molar-refractivity contribution >= 4 is 16.9 Å². The van der Waals surface area contributed by atoms with Gasteiger partial charge < -0.3 is 14.5 Å². The van der Waals surface area contributed by atoms with E-state index >= 15 is 0 Å². The minimum absolute atomic E-state index is 0.123. The van der Waals surface area contributed by atoms with E-state index in [1.165, 1.54) is 7.11 Å². The molecule has 0 spiro atoms. The van der Waals surface area contributed by atoms with Crippen molar-refractivity contribution in [1.82, 2.24) is 10.3 Å². The average Bonchev–Trinajstić information content (AvgIpc) is 3.04. The highest BCUT2D eigenvalue weighted by atomic mass is 16.5. The summed E-state index contributed by atoms with van der Waals surface area (Å²) in [7, 11) is 3.09. The Hall–Kier alpha value is -2.79. The van der Waals surface area contributed by atoms with Gasteiger partial charge in [-0.3, -0.25) is 10.1 Å². The number of fused-ring (bicyclic) bond motifs is 3. The highest BCUT2D eigenvalue weighted by molar-refractivity contribution is 5.89. The Morgan fingerprint density at radius 3 is 2.62 bits per heavy atom. The van der Waals surface area contributed by atoms with Crippen LogP contribution in [0.15, 0.2) is 48.5 Å². The van der Waals surface area contributed by atoms with Crippen LogP contribution in [-0.2, 0) is 16.0 Å². The Morgan fingerprint density at radius 1 is 1.15 bits per heavy atom. The number of esters is 1. The summed E-state index contributed by atoms with van der Waals surface area (Å²) in [6.07, 6.45) is 0.547. The molecule has 2 unspecified atom stereocenters. The number of nitrogens with one attached hydrogen (secondary N) is 2. The Bertz CT molecular complexity index is 964. The molecule has 1 aromatic heterocycles. The predicted molar refractivity (Wildman–Crippen MR) is 100 cm³/mol. The zero-order valence-electron chi connectivity index (χ0n) is 15.1. The molecule has 3 aromatic rings. The van der Waals surface area contributed by atoms with Gasteiger partial charge in [-0.15, -0.1) is 0 Å². The molecule has 1 aliphatic rings. The number of benzene rings is 2. The first kappa shape index (κ1) is 16.7. The number of aromatic amines is 1. The number of methoxy groups -OCH3 is 2. The predicted octanol–water partition coefficient (Wildman–Crippen LogP) is 3.34. The highest BCUT2D eigenvalue weighted by Crippen LogP contribution is 2.39. The summed E-state index contributed by atoms with van der Waals surface area (Å²) in [5.41, 5.74) is 3.54. The summed E-state index contributed by atoms with van der Waals surface area (Å²) in [4.78, 5) is 16.1. The molecule has 2 heterocycles. The molecular formula is C21H22N2O3. The number of carbonyl (C=O) groups is 1. The van der Waals surface area contributed by atoms with E-state index in [4.69, 9.17) is 9.47 Å². The number of hydrogen-bond acceptors (Lipinski definition) is 4. The van der Waals surface area contributed by atoms with E-state index in [2.05, 4.69) is 22.4 Å². The number of rotatable bonds is 3. The number of aromatic nitrogens is 1. The molecule has 0 fully saturated rings. The van der Waals surface area contributed by atoms with Crippen molar-refractivity contribution < 1.29 is 14.3 Å². The van der Waals surface area contributed by atoms with Crippen LogP contribution in [0.5, 0.6) is 5.75 Å². The van der Waals surface area contributed by atoms with Gasteiger partial charge in [0.15, 0.2) is 0 Å². The van der Waals surface area contributed by atoms with Gasteiger partial charge in [-0.25, -0.2) is 0 Å². The first-order valence-corrected chi connectivity index (χ1v) is 8.65. The van der Waals surface area contributed by atoms with E-state index in [0.29, 0.717) is 6.42 Å². The van der Waals surface area contributed by atoms with Gasteiger partial charge >= 0.3 is 5.97 Å². The van der Waals surface area contributed by atoms with Crippen molar-refractivity contribution in [3.63, 3.8) is 0 Å². The van der Waals surface area contributed by atoms with E-state index < -0.39 is 5.54 Å². The van der Waals surface area contributed by atoms with E-state index in [9.17, 15) is 4.79 Å². The van der Waals surface area contributed by atoms with Crippen LogP contribution in [0.25, 0.3) is 10.9 Å². The summed E-state index contributed by atoms with van der Waals surface area (Å²) < 4.78 is 10.5. The summed E-state index contributed by atoms with van der Waals surface area (Å²) in [6.45, 7) is 1.90. The largest absolute Gasteiger partial charge is 0.497 e. The molecule has 1 aliphatic heterocycles. The average molecular weight is 350 g/mol. The SMILES string of the molecule is COC(=O)C1(C)Cc2c([nH]c3ccc(OC)cc23)C(c2ccccc2)N1. The summed E-state index contributed by atoms with van der Waals surface area (Å²) in [6, 6.07) is 16.0. The maximum Gasteiger partial charge on any atom is 0.326 e. The number of hydrogen-bond donors (Lipinski definition) is 2. The molecule has 5 heteroatoms. The van der Waals surface area contributed by atoms with Gasteiger partial charge in [0.25, 0.3) is 0 Å². The number of carbonyl (C=O) groups excluding carboxylic acids is 1. The highest BCUT2D eigenvalue weighted by Gasteiger charge is 2.43. The molecule has 2 N–H and O–H groups in total. The second kappa shape index (κ2) is 6.18. The monoisotopic (exact) mass is 350 g/mol. The van der Waals surface area contributed by atoms with Crippen LogP contribution < -0.4 is 10.1 Å². The van der Waals surface area contributed by atoms with E-state index in [1.807, 2.05) is 43.3 Å². The molecule has 0 saturated carbocycles. The van der Waals surface area contributed by atoms with Gasteiger partial charge in [0.1, 0.15) is 11.3 Å². The third-order valence-corrected chi connectivity index (χ3v) is 5.20. The van der Waals surface area contributed by atoms with Crippen LogP contribution in [0.4, 0.5) is 0 Å². The Kier molecular flexibility index (Phi) is 3.96. The van der Waals surface area contributed by atoms with Gasteiger partial charge in [0.05, 0.1) is 20.3 Å². The van der Waals surface area contributed by atoms with Crippen LogP contribution in [0.3, 0.4) is 0 Å². The minimum atomic E-state index is -0.805. The topological polar surface area (TPSA) is 63.4 Å². The van der Waals surface area contributed by atoms with Gasteiger partial charge in [-0.1, -0.05) is 30.3 Å². The molecule has 0 saturated heterocycles. The summed E-state index contributed by atoms with van der Waals surface area (Å²) in [5.74, 6) is 0.537. The van der Waals surface area contributed by atoms with E-state index in [1.54, 1.807) is 7.11 Å². The second-order valence-electron chi connectivity index (χ2n) is 6.92. The third kappa shape index (κ3) is 2.56. The van der Waals surface area contributed by atoms with Crippen molar-refractivity contribution in [3.05, 3.63) is 65.4 Å². The lowest BCUT2D eigenvalue weighted by molar-refractivity contribution is -0.148. The maximum absolute atomic E-state index is 12.5. The minimum Gasteiger partial charge on any atom is -0.497 e. The van der Waals surface area contributed by atoms with Crippen LogP contribution in [0, 0.1) is 0 Å². The Labute approximate surface area is 152 Å². The molecule has 5 nitrogen and oxygen atoms in total. The molecule has 2 atom stereocenters. The van der Waals surface area contributed by atoms with Crippen molar-refractivity contribution in [3.8, 4) is 5.75 Å². The standard InChI is InChI=1S/C21H22N2O3/c1-21(20(24)26-3)12-16-15-11-14(25-2)9-10-17(15)22-19(16)18(23-21)13-7-5-4-6-8-13/h4-11,18,22-23H,12H2,1-3H3. The second-order valence-corrected chi connectivity index (χ2v) is 6.92. The normalized spacial score (nSPS) is 22.0. The van der Waals surface area contributed by atoms with Crippen LogP contribution in [0.1, 0.15) is 29.8 Å². The first-order valence-electron chi connectivity index (χ1n) is 8.65. The van der Waals surface area contributed by atoms with Crippen molar-refractivity contribution in [1.29, 1.82) is 0 Å². The van der Waals surface area contributed by atoms with E-state index in [-0.39, 0.29) is 12.0 Å². The molecule has 134 valence electrons. The molecule has 26 heavy (non-hydrogen) atoms. The molecule has 0 bridgehead atoms. The lowest BCUT2D eigenvalue weighted by Gasteiger charge is -2.37. The van der Waals surface area contributed by atoms with Crippen LogP contribution in [0.2, 0.25) is 0 Å². The molecule has 4 rings (SSSR count). The van der Waals surface area contributed by atoms with E-state index in [0.717, 1.165) is 33.5 Å². The van der Waals surface area contributed by atoms with Gasteiger partial charge in [0.2, 0.25) is 0 Å². The fourth-order valence-corrected chi connectivity index (χ4v) is 3.86. The Morgan fingerprint density at radius 2 is 1.92 bits per heavy atom. The quantitative estimate of drug-likeness (QED) is 0.711. The molecule has 0 radical (unpaired) electrons. The summed E-state index contributed by atoms with van der Waals surface area (Å²) in [5, 5.41) is 4.59. The fourth-order valence-electron chi connectivity index (χ4n) is 3.86. The molecule has 0 aliphatic carbocycles. The van der Waals surface area contributed by atoms with Gasteiger partial charge in [-0.05, 0) is 36.2 Å². The smallest absolute Gasteiger partial charge is 0.326 e. The van der Waals surface area contributed by atoms with Crippen molar-refractivity contribution in [2.24, 2.45) is 0 Å². The zero-order chi connectivity index (χ0) is 18.3. The number of ether oxygens (including phenoxy) is 2. The molecular weight excluding hydrogens is 328 g/mol. The molecule has 0 amide bonds. The Balaban J connectivity index is 1.93. The molecule has 2 aromatic carbocycles. The maximum atomic E-state index is 12.5. The fraction of sp³-hybridized carbons (Fsp3) is 0.286. The zero-order valence-corrected chi connectivity index (χ0v) is 15.1. The van der Waals surface area contributed by atoms with Crippen molar-refractivity contribution in [2.75, 3.05) is 14.2 Å². The van der Waals surface area contributed by atoms with Gasteiger partial charge in [-0.2, -0.15) is 0 Å². The lowest BCUT2D eigenvalue weighted by atomic mass is 9.82. The van der Waals surface area contributed by atoms with Gasteiger partial charge in [0, 0.05) is 23.0 Å². The van der Waals surface area contributed by atoms with Crippen LogP contribution >= 0.6 is 0 Å². The lowest BCUT2D eigenvalue weighted by Crippen LogP contribution is -2.56. The number of H-pyrrole nitrogens is 1. The first-order chi connectivity index (χ1) is 12.6. The van der Waals surface area contributed by atoms with Crippen molar-refractivity contribution in [2.45, 2.75) is 24.9 Å². The van der Waals surface area contributed by atoms with Crippen LogP contribution in [-0.4, -0.2) is 30.7 Å². The third-order valence-electron chi connectivity index (χ3n) is 5.20.